The third-order valence-corrected chi connectivity index (χ3v) is 4.34. The van der Waals surface area contributed by atoms with Gasteiger partial charge in [-0.1, -0.05) is 19.4 Å². The van der Waals surface area contributed by atoms with E-state index in [2.05, 4.69) is 24.4 Å². The first-order valence-electron chi connectivity index (χ1n) is 7.33. The van der Waals surface area contributed by atoms with Gasteiger partial charge in [0, 0.05) is 5.56 Å². The third kappa shape index (κ3) is 1.93. The quantitative estimate of drug-likeness (QED) is 0.881. The Morgan fingerprint density at radius 2 is 1.94 bits per heavy atom. The van der Waals surface area contributed by atoms with Crippen molar-refractivity contribution >= 4 is 0 Å². The van der Waals surface area contributed by atoms with Crippen LogP contribution in [0.25, 0.3) is 0 Å². The number of benzene rings is 1. The van der Waals surface area contributed by atoms with Crippen LogP contribution in [-0.2, 0) is 12.8 Å². The van der Waals surface area contributed by atoms with Crippen molar-refractivity contribution in [3.63, 3.8) is 0 Å². The highest BCUT2D eigenvalue weighted by molar-refractivity contribution is 5.48. The summed E-state index contributed by atoms with van der Waals surface area (Å²) in [6, 6.07) is 5.09. The van der Waals surface area contributed by atoms with Crippen molar-refractivity contribution in [3.05, 3.63) is 28.8 Å². The average molecular weight is 245 g/mol. The van der Waals surface area contributed by atoms with Crippen LogP contribution in [0.2, 0.25) is 0 Å². The third-order valence-electron chi connectivity index (χ3n) is 4.34. The van der Waals surface area contributed by atoms with Gasteiger partial charge in [-0.25, -0.2) is 0 Å². The Kier molecular flexibility index (Phi) is 3.29. The molecule has 1 aromatic rings. The molecule has 2 unspecified atom stereocenters. The Morgan fingerprint density at radius 3 is 2.61 bits per heavy atom. The Hall–Kier alpha value is -1.02. The van der Waals surface area contributed by atoms with Gasteiger partial charge in [0.1, 0.15) is 11.9 Å². The van der Waals surface area contributed by atoms with Gasteiger partial charge in [0.15, 0.2) is 0 Å². The van der Waals surface area contributed by atoms with E-state index in [-0.39, 0.29) is 0 Å². The van der Waals surface area contributed by atoms with Gasteiger partial charge >= 0.3 is 0 Å². The van der Waals surface area contributed by atoms with E-state index in [9.17, 15) is 0 Å². The SMILES string of the molecule is CCCC1Oc2cc3c(cc2C1NC)CCCC3. The first-order chi connectivity index (χ1) is 8.83. The van der Waals surface area contributed by atoms with E-state index in [0.717, 1.165) is 12.2 Å². The summed E-state index contributed by atoms with van der Waals surface area (Å²) < 4.78 is 6.15. The maximum Gasteiger partial charge on any atom is 0.125 e. The number of nitrogens with one attached hydrogen (secondary N) is 1. The number of rotatable bonds is 3. The van der Waals surface area contributed by atoms with E-state index in [1.807, 2.05) is 7.05 Å². The van der Waals surface area contributed by atoms with Gasteiger partial charge in [-0.2, -0.15) is 0 Å². The summed E-state index contributed by atoms with van der Waals surface area (Å²) >= 11 is 0. The molecule has 0 saturated heterocycles. The van der Waals surface area contributed by atoms with Gasteiger partial charge < -0.3 is 10.1 Å². The average Bonchev–Trinajstić information content (AvgIpc) is 2.72. The molecule has 0 radical (unpaired) electrons. The molecule has 1 N–H and O–H groups in total. The standard InChI is InChI=1S/C16H23NO/c1-3-6-14-16(17-2)13-9-11-7-4-5-8-12(11)10-15(13)18-14/h9-10,14,16-17H,3-8H2,1-2H3. The lowest BCUT2D eigenvalue weighted by Crippen LogP contribution is -2.28. The molecule has 0 saturated carbocycles. The highest BCUT2D eigenvalue weighted by Gasteiger charge is 2.33. The molecule has 1 aliphatic heterocycles. The largest absolute Gasteiger partial charge is 0.488 e. The molecule has 98 valence electrons. The molecule has 0 spiro atoms. The van der Waals surface area contributed by atoms with E-state index >= 15 is 0 Å². The van der Waals surface area contributed by atoms with E-state index in [1.165, 1.54) is 43.2 Å². The number of fused-ring (bicyclic) bond motifs is 2. The van der Waals surface area contributed by atoms with Gasteiger partial charge in [0.2, 0.25) is 0 Å². The summed E-state index contributed by atoms with van der Waals surface area (Å²) in [6.07, 6.45) is 7.78. The molecular weight excluding hydrogens is 222 g/mol. The second-order valence-electron chi connectivity index (χ2n) is 5.58. The van der Waals surface area contributed by atoms with E-state index in [1.54, 1.807) is 5.56 Å². The van der Waals surface area contributed by atoms with Crippen LogP contribution >= 0.6 is 0 Å². The lowest BCUT2D eigenvalue weighted by Gasteiger charge is -2.18. The van der Waals surface area contributed by atoms with E-state index in [4.69, 9.17) is 4.74 Å². The maximum atomic E-state index is 6.15. The van der Waals surface area contributed by atoms with Gasteiger partial charge in [0.05, 0.1) is 6.04 Å². The van der Waals surface area contributed by atoms with Crippen LogP contribution in [0.15, 0.2) is 12.1 Å². The molecule has 0 aromatic heterocycles. The van der Waals surface area contributed by atoms with Crippen LogP contribution in [0.4, 0.5) is 0 Å². The molecule has 2 aliphatic rings. The molecule has 2 nitrogen and oxygen atoms in total. The molecule has 1 heterocycles. The predicted octanol–water partition coefficient (Wildman–Crippen LogP) is 3.39. The zero-order valence-corrected chi connectivity index (χ0v) is 11.5. The molecule has 0 bridgehead atoms. The highest BCUT2D eigenvalue weighted by Crippen LogP contribution is 2.41. The summed E-state index contributed by atoms with van der Waals surface area (Å²) in [6.45, 7) is 2.23. The lowest BCUT2D eigenvalue weighted by atomic mass is 9.88. The fourth-order valence-electron chi connectivity index (χ4n) is 3.41. The van der Waals surface area contributed by atoms with Crippen LogP contribution < -0.4 is 10.1 Å². The fraction of sp³-hybridized carbons (Fsp3) is 0.625. The minimum Gasteiger partial charge on any atom is -0.488 e. The van der Waals surface area contributed by atoms with Crippen LogP contribution in [-0.4, -0.2) is 13.2 Å². The molecule has 1 aliphatic carbocycles. The summed E-state index contributed by atoms with van der Waals surface area (Å²) in [5.41, 5.74) is 4.46. The predicted molar refractivity (Wildman–Crippen MR) is 74.2 cm³/mol. The first kappa shape index (κ1) is 12.0. The van der Waals surface area contributed by atoms with Crippen molar-refractivity contribution in [2.45, 2.75) is 57.6 Å². The Balaban J connectivity index is 1.95. The smallest absolute Gasteiger partial charge is 0.125 e. The summed E-state index contributed by atoms with van der Waals surface area (Å²) in [7, 11) is 2.05. The number of ether oxygens (including phenoxy) is 1. The number of hydrogen-bond acceptors (Lipinski definition) is 2. The summed E-state index contributed by atoms with van der Waals surface area (Å²) in [5.74, 6) is 1.13. The second kappa shape index (κ2) is 4.93. The normalized spacial score (nSPS) is 25.4. The summed E-state index contributed by atoms with van der Waals surface area (Å²) in [5, 5.41) is 3.44. The topological polar surface area (TPSA) is 21.3 Å². The molecular formula is C16H23NO. The van der Waals surface area contributed by atoms with Crippen molar-refractivity contribution in [3.8, 4) is 5.75 Å². The second-order valence-corrected chi connectivity index (χ2v) is 5.58. The Labute approximate surface area is 110 Å². The zero-order valence-electron chi connectivity index (χ0n) is 11.5. The van der Waals surface area contributed by atoms with Gasteiger partial charge in [-0.15, -0.1) is 0 Å². The van der Waals surface area contributed by atoms with Crippen molar-refractivity contribution in [1.82, 2.24) is 5.32 Å². The minimum absolute atomic E-state index is 0.318. The monoisotopic (exact) mass is 245 g/mol. The fourth-order valence-corrected chi connectivity index (χ4v) is 3.41. The highest BCUT2D eigenvalue weighted by atomic mass is 16.5. The van der Waals surface area contributed by atoms with E-state index < -0.39 is 0 Å². The maximum absolute atomic E-state index is 6.15. The Bertz CT molecular complexity index is 441. The van der Waals surface area contributed by atoms with Gasteiger partial charge in [-0.3, -0.25) is 0 Å². The van der Waals surface area contributed by atoms with Crippen molar-refractivity contribution in [1.29, 1.82) is 0 Å². The van der Waals surface area contributed by atoms with Crippen molar-refractivity contribution in [2.75, 3.05) is 7.05 Å². The lowest BCUT2D eigenvalue weighted by molar-refractivity contribution is 0.182. The van der Waals surface area contributed by atoms with Crippen molar-refractivity contribution in [2.24, 2.45) is 0 Å². The minimum atomic E-state index is 0.318. The Morgan fingerprint density at radius 1 is 1.22 bits per heavy atom. The first-order valence-corrected chi connectivity index (χ1v) is 7.33. The van der Waals surface area contributed by atoms with Gasteiger partial charge in [-0.05, 0) is 56.3 Å². The number of likely N-dealkylation sites (N-methyl/N-ethyl adjacent to an activating group) is 1. The zero-order chi connectivity index (χ0) is 12.5. The molecule has 18 heavy (non-hydrogen) atoms. The number of hydrogen-bond donors (Lipinski definition) is 1. The molecule has 1 aromatic carbocycles. The molecule has 2 atom stereocenters. The van der Waals surface area contributed by atoms with Crippen LogP contribution in [0.3, 0.4) is 0 Å². The summed E-state index contributed by atoms with van der Waals surface area (Å²) in [4.78, 5) is 0. The molecule has 3 rings (SSSR count). The number of aryl methyl sites for hydroxylation is 2. The molecule has 0 fully saturated rings. The molecule has 2 heteroatoms. The van der Waals surface area contributed by atoms with Crippen LogP contribution in [0.5, 0.6) is 5.75 Å². The van der Waals surface area contributed by atoms with Crippen LogP contribution in [0, 0.1) is 0 Å². The van der Waals surface area contributed by atoms with Gasteiger partial charge in [0.25, 0.3) is 0 Å². The van der Waals surface area contributed by atoms with E-state index in [0.29, 0.717) is 12.1 Å². The van der Waals surface area contributed by atoms with Crippen LogP contribution in [0.1, 0.15) is 55.3 Å². The van der Waals surface area contributed by atoms with Crippen molar-refractivity contribution < 1.29 is 4.74 Å². The molecule has 0 amide bonds.